The van der Waals surface area contributed by atoms with E-state index in [9.17, 15) is 0 Å². The molecule has 29 aromatic rings. The van der Waals surface area contributed by atoms with Crippen LogP contribution in [-0.2, 0) is 21.0 Å². The van der Waals surface area contributed by atoms with E-state index in [0.717, 1.165) is 0 Å². The molecule has 0 N–H and O–H groups in total. The van der Waals surface area contributed by atoms with Gasteiger partial charge in [-0.25, -0.2) is 0 Å². The molecule has 1 saturated carbocycles. The highest BCUT2D eigenvalue weighted by atomic mass is 16.1. The molecule has 1 nitrogen and oxygen atoms in total. The van der Waals surface area contributed by atoms with Gasteiger partial charge in [-0.15, -0.1) is 0 Å². The van der Waals surface area contributed by atoms with Crippen LogP contribution < -0.4 is 0 Å². The Morgan fingerprint density at radius 2 is 0.348 bits per heavy atom. The van der Waals surface area contributed by atoms with E-state index in [4.69, 9.17) is 0 Å². The zero-order valence-corrected chi connectivity index (χ0v) is 34.9. The minimum absolute atomic E-state index is 0.547. The molecule has 0 saturated heterocycles. The Morgan fingerprint density at radius 1 is 0.203 bits per heavy atom. The summed E-state index contributed by atoms with van der Waals surface area (Å²) in [5.74, 6) is 0. The Kier molecular flexibility index (Phi) is 1.97. The zero-order valence-electron chi connectivity index (χ0n) is 34.9. The Labute approximate surface area is 374 Å². The predicted molar refractivity (Wildman–Crippen MR) is 288 cm³/mol. The molecule has 0 aliphatic heterocycles. The van der Waals surface area contributed by atoms with Crippen molar-refractivity contribution in [3.8, 4) is 0 Å². The van der Waals surface area contributed by atoms with Gasteiger partial charge in [-0.05, 0) is 319 Å². The molecule has 1 fully saturated rings. The lowest BCUT2D eigenvalue weighted by Gasteiger charge is -2.32. The van der Waals surface area contributed by atoms with Gasteiger partial charge in [0, 0.05) is 0 Å². The molecule has 69 heavy (non-hydrogen) atoms. The van der Waals surface area contributed by atoms with Crippen molar-refractivity contribution in [2.24, 2.45) is 0 Å². The van der Waals surface area contributed by atoms with Crippen molar-refractivity contribution >= 4 is 297 Å². The first-order valence-corrected chi connectivity index (χ1v) is 25.7. The van der Waals surface area contributed by atoms with Crippen molar-refractivity contribution in [2.75, 3.05) is 0 Å². The maximum atomic E-state index is 16.0. The number of benzene rings is 19. The highest BCUT2D eigenvalue weighted by Crippen LogP contribution is 2.95. The molecule has 29 aromatic carbocycles. The van der Waals surface area contributed by atoms with E-state index in [2.05, 4.69) is 30.3 Å². The summed E-state index contributed by atoms with van der Waals surface area (Å²) in [4.78, 5) is 16.0. The van der Waals surface area contributed by atoms with Gasteiger partial charge >= 0.3 is 0 Å². The molecular weight excluding hydrogens is 833 g/mol. The molecule has 0 aromatic heterocycles. The average molecular weight is 839 g/mol. The third-order valence-electron chi connectivity index (χ3n) is 25.8. The van der Waals surface area contributed by atoms with E-state index in [-0.39, 0.29) is 0 Å². The van der Waals surface area contributed by atoms with Crippen LogP contribution in [0.15, 0.2) is 30.3 Å². The molecule has 0 radical (unpaired) electrons. The van der Waals surface area contributed by atoms with Crippen molar-refractivity contribution < 1.29 is 4.79 Å². The first kappa shape index (κ1) is 24.9. The third-order valence-corrected chi connectivity index (χ3v) is 25.8. The van der Waals surface area contributed by atoms with E-state index in [0.29, 0.717) is 0 Å². The van der Waals surface area contributed by atoms with Crippen LogP contribution in [0.2, 0.25) is 0 Å². The summed E-state index contributed by atoms with van der Waals surface area (Å²) in [6.07, 6.45) is 1.59. The molecule has 0 amide bonds. The lowest BCUT2D eigenvalue weighted by Crippen LogP contribution is -2.27. The van der Waals surface area contributed by atoms with Gasteiger partial charge < -0.3 is 4.79 Å². The van der Waals surface area contributed by atoms with Crippen LogP contribution in [-0.4, -0.2) is 6.29 Å². The van der Waals surface area contributed by atoms with E-state index >= 15 is 4.79 Å². The van der Waals surface area contributed by atoms with Crippen LogP contribution in [0.1, 0.15) is 27.8 Å². The Bertz CT molecular complexity index is 6820. The van der Waals surface area contributed by atoms with E-state index in [1.54, 1.807) is 319 Å². The molecule has 1 heteroatoms. The van der Waals surface area contributed by atoms with Crippen molar-refractivity contribution in [1.82, 2.24) is 0 Å². The van der Waals surface area contributed by atoms with Crippen LogP contribution >= 0.6 is 0 Å². The monoisotopic (exact) mass is 838 g/mol. The molecule has 0 atom stereocenters. The summed E-state index contributed by atoms with van der Waals surface area (Å²) in [7, 11) is 0. The predicted octanol–water partition coefficient (Wildman–Crippen LogP) is 17.4. The standard InChI is InChI=1S/C68H6O/c69-6-66(7-4-2-1-3-5-7)67-62-54-46-36-26-18-10-8-9-12-16-14(10)22-30-24(16)34-28-20(12)21-13(9)17-15-11(8)19(18)27-33-23(15)31-25(17)35-29(21)39-38(28)48-42(34)52-44(30)50(40(46)32(22)26)58(62)60(52)64-56(48)57-49(39)43(35)53-45(31)51-41(33)47(37(27)36)55(54)63(67)59(51)61(53)65(57)68(64,66)67/h1-6H. The van der Waals surface area contributed by atoms with Crippen LogP contribution in [0.4, 0.5) is 0 Å². The quantitative estimate of drug-likeness (QED) is 0.125. The third kappa shape index (κ3) is 1.24. The summed E-state index contributed by atoms with van der Waals surface area (Å²) >= 11 is 0. The fourth-order valence-corrected chi connectivity index (χ4v) is 26.0. The molecule has 0 heterocycles. The normalized spacial score (nSPS) is 24.5. The number of carbonyl (C=O) groups excluding carboxylic acids is 1. The fraction of sp³-hybridized carbons (Fsp3) is 0.0441. The number of hydrogen-bond donors (Lipinski definition) is 0. The molecule has 284 valence electrons. The zero-order chi connectivity index (χ0) is 40.8. The van der Waals surface area contributed by atoms with Crippen molar-refractivity contribution in [3.05, 3.63) is 58.1 Å². The highest BCUT2D eigenvalue weighted by molar-refractivity contribution is 6.82. The van der Waals surface area contributed by atoms with Gasteiger partial charge in [0.1, 0.15) is 6.29 Å². The number of carbonyl (C=O) groups is 1. The van der Waals surface area contributed by atoms with E-state index in [1.165, 1.54) is 5.56 Å². The molecule has 34 rings (SSSR count). The minimum atomic E-state index is -0.800. The summed E-state index contributed by atoms with van der Waals surface area (Å²) in [6, 6.07) is 11.5. The lowest BCUT2D eigenvalue weighted by molar-refractivity contribution is -0.110. The molecule has 0 bridgehead atoms. The smallest absolute Gasteiger partial charge is 0.133 e. The van der Waals surface area contributed by atoms with Crippen molar-refractivity contribution in [3.63, 3.8) is 0 Å². The van der Waals surface area contributed by atoms with Gasteiger partial charge in [0.15, 0.2) is 0 Å². The summed E-state index contributed by atoms with van der Waals surface area (Å²) in [5, 5.41) is 86.4. The van der Waals surface area contributed by atoms with E-state index < -0.39 is 16.2 Å². The largest absolute Gasteiger partial charge is 0.302 e. The summed E-state index contributed by atoms with van der Waals surface area (Å²) < 4.78 is 0. The van der Waals surface area contributed by atoms with E-state index in [1.807, 2.05) is 0 Å². The van der Waals surface area contributed by atoms with Gasteiger partial charge in [0.05, 0.1) is 16.2 Å². The van der Waals surface area contributed by atoms with Crippen LogP contribution in [0, 0.1) is 0 Å². The van der Waals surface area contributed by atoms with Crippen molar-refractivity contribution in [2.45, 2.75) is 16.2 Å². The highest BCUT2D eigenvalue weighted by Gasteiger charge is 2.95. The fourth-order valence-electron chi connectivity index (χ4n) is 26.0. The topological polar surface area (TPSA) is 17.1 Å². The second-order valence-corrected chi connectivity index (χ2v) is 25.5. The van der Waals surface area contributed by atoms with Crippen LogP contribution in [0.5, 0.6) is 0 Å². The lowest BCUT2D eigenvalue weighted by atomic mass is 9.68. The van der Waals surface area contributed by atoms with Crippen LogP contribution in [0.3, 0.4) is 0 Å². The summed E-state index contributed by atoms with van der Waals surface area (Å²) in [6.45, 7) is 0. The number of aldehydes is 1. The second kappa shape index (κ2) is 5.46. The average Bonchev–Trinajstić information content (AvgIpc) is 4.32. The first-order chi connectivity index (χ1) is 34.4. The van der Waals surface area contributed by atoms with Gasteiger partial charge in [-0.3, -0.25) is 0 Å². The maximum Gasteiger partial charge on any atom is 0.133 e. The minimum Gasteiger partial charge on any atom is -0.302 e. The van der Waals surface area contributed by atoms with Gasteiger partial charge in [0.2, 0.25) is 0 Å². The molecule has 2 spiro atoms. The molecule has 0 unspecified atom stereocenters. The SMILES string of the molecule is O=CC1(c2ccccc2)C23c4c5c6c7c8c9c(c%10c%11c2c2c4c4c%12c5c5c6c6c8c8c%13c9c9c%10c%10c%11c%11c2c2c4c4c%12c%12c5c5c6c8c6c8c%13c9c9c%10c%10c%11c2c2c4c4c%12c5c6c5c8c9c%10c2c45)C713. The van der Waals surface area contributed by atoms with Gasteiger partial charge in [-0.2, -0.15) is 0 Å². The maximum absolute atomic E-state index is 16.0. The molecule has 5 aliphatic carbocycles. The molecule has 5 aliphatic rings. The Hall–Kier alpha value is -8.65. The summed E-state index contributed by atoms with van der Waals surface area (Å²) in [5.41, 5.74) is 5.65. The number of hydrogen-bond acceptors (Lipinski definition) is 1. The Morgan fingerprint density at radius 3 is 0.493 bits per heavy atom. The number of rotatable bonds is 2. The molecular formula is C68H6O. The van der Waals surface area contributed by atoms with Crippen molar-refractivity contribution in [1.29, 1.82) is 0 Å². The second-order valence-electron chi connectivity index (χ2n) is 25.5. The first-order valence-electron chi connectivity index (χ1n) is 25.7. The van der Waals surface area contributed by atoms with Gasteiger partial charge in [-0.1, -0.05) is 30.3 Å². The van der Waals surface area contributed by atoms with Crippen LogP contribution in [0.25, 0.3) is 291 Å². The van der Waals surface area contributed by atoms with Gasteiger partial charge in [0.25, 0.3) is 0 Å². The Balaban J connectivity index is 1.21.